The van der Waals surface area contributed by atoms with Crippen molar-refractivity contribution in [2.24, 2.45) is 5.14 Å². The van der Waals surface area contributed by atoms with Gasteiger partial charge < -0.3 is 14.6 Å². The topological polar surface area (TPSA) is 103 Å². The third-order valence-electron chi connectivity index (χ3n) is 4.79. The van der Waals surface area contributed by atoms with Crippen molar-refractivity contribution in [3.8, 4) is 5.75 Å². The Bertz CT molecular complexity index is 1310. The SMILES string of the molecule is NS(=O)(=O)c1ccc(NC(=O)Cn2ccc3c(OCc4ccccc4)cccc32)cc1. The summed E-state index contributed by atoms with van der Waals surface area (Å²) in [6, 6.07) is 23.3. The maximum Gasteiger partial charge on any atom is 0.244 e. The Hall–Kier alpha value is -3.62. The van der Waals surface area contributed by atoms with Gasteiger partial charge in [-0.2, -0.15) is 0 Å². The number of nitrogens with two attached hydrogens (primary N) is 1. The molecule has 1 aromatic heterocycles. The van der Waals surface area contributed by atoms with Gasteiger partial charge in [-0.3, -0.25) is 4.79 Å². The Morgan fingerprint density at radius 3 is 2.39 bits per heavy atom. The van der Waals surface area contributed by atoms with E-state index in [0.29, 0.717) is 12.3 Å². The Balaban J connectivity index is 1.45. The molecule has 0 saturated heterocycles. The summed E-state index contributed by atoms with van der Waals surface area (Å²) < 4.78 is 30.5. The number of sulfonamides is 1. The van der Waals surface area contributed by atoms with E-state index in [4.69, 9.17) is 9.88 Å². The highest BCUT2D eigenvalue weighted by Crippen LogP contribution is 2.27. The fourth-order valence-corrected chi connectivity index (χ4v) is 3.79. The lowest BCUT2D eigenvalue weighted by atomic mass is 10.2. The minimum Gasteiger partial charge on any atom is -0.488 e. The summed E-state index contributed by atoms with van der Waals surface area (Å²) in [5.41, 5.74) is 2.44. The summed E-state index contributed by atoms with van der Waals surface area (Å²) in [6.07, 6.45) is 1.84. The molecule has 31 heavy (non-hydrogen) atoms. The van der Waals surface area contributed by atoms with Gasteiger partial charge >= 0.3 is 0 Å². The van der Waals surface area contributed by atoms with Crippen molar-refractivity contribution in [3.05, 3.63) is 90.6 Å². The molecule has 1 heterocycles. The number of carbonyl (C=O) groups excluding carboxylic acids is 1. The molecule has 0 saturated carbocycles. The van der Waals surface area contributed by atoms with E-state index in [1.54, 1.807) is 0 Å². The first-order chi connectivity index (χ1) is 14.9. The molecule has 0 bridgehead atoms. The normalized spacial score (nSPS) is 11.4. The highest BCUT2D eigenvalue weighted by molar-refractivity contribution is 7.89. The number of primary sulfonamides is 1. The molecule has 4 rings (SSSR count). The number of benzene rings is 3. The van der Waals surface area contributed by atoms with E-state index in [-0.39, 0.29) is 17.3 Å². The van der Waals surface area contributed by atoms with Gasteiger partial charge in [0.1, 0.15) is 18.9 Å². The zero-order valence-electron chi connectivity index (χ0n) is 16.6. The van der Waals surface area contributed by atoms with Crippen LogP contribution in [0.5, 0.6) is 5.75 Å². The minimum atomic E-state index is -3.77. The van der Waals surface area contributed by atoms with Crippen molar-refractivity contribution in [3.63, 3.8) is 0 Å². The molecule has 1 amide bonds. The lowest BCUT2D eigenvalue weighted by Crippen LogP contribution is -2.18. The Morgan fingerprint density at radius 1 is 0.935 bits per heavy atom. The first-order valence-electron chi connectivity index (χ1n) is 9.57. The minimum absolute atomic E-state index is 0.00932. The molecule has 0 aliphatic heterocycles. The number of nitrogens with one attached hydrogen (secondary N) is 1. The second-order valence-electron chi connectivity index (χ2n) is 7.02. The van der Waals surface area contributed by atoms with Gasteiger partial charge in [-0.1, -0.05) is 36.4 Å². The molecule has 0 fully saturated rings. The smallest absolute Gasteiger partial charge is 0.244 e. The molecule has 0 atom stereocenters. The van der Waals surface area contributed by atoms with Crippen LogP contribution in [0.15, 0.2) is 90.0 Å². The second kappa shape index (κ2) is 8.63. The summed E-state index contributed by atoms with van der Waals surface area (Å²) in [7, 11) is -3.77. The van der Waals surface area contributed by atoms with Crippen LogP contribution in [0, 0.1) is 0 Å². The van der Waals surface area contributed by atoms with E-state index in [2.05, 4.69) is 5.32 Å². The van der Waals surface area contributed by atoms with Crippen molar-refractivity contribution >= 4 is 32.5 Å². The molecule has 4 aromatic rings. The molecule has 3 N–H and O–H groups in total. The maximum atomic E-state index is 12.5. The fourth-order valence-electron chi connectivity index (χ4n) is 3.28. The van der Waals surface area contributed by atoms with Crippen molar-refractivity contribution in [2.45, 2.75) is 18.0 Å². The zero-order valence-corrected chi connectivity index (χ0v) is 17.4. The first kappa shape index (κ1) is 20.6. The number of rotatable bonds is 7. The van der Waals surface area contributed by atoms with Gasteiger partial charge in [0.25, 0.3) is 0 Å². The van der Waals surface area contributed by atoms with Crippen LogP contribution in [0.25, 0.3) is 10.9 Å². The molecule has 0 spiro atoms. The van der Waals surface area contributed by atoms with Gasteiger partial charge in [0.2, 0.25) is 15.9 Å². The Labute approximate surface area is 180 Å². The van der Waals surface area contributed by atoms with Crippen LogP contribution in [0.2, 0.25) is 0 Å². The highest BCUT2D eigenvalue weighted by atomic mass is 32.2. The number of anilines is 1. The quantitative estimate of drug-likeness (QED) is 0.464. The van der Waals surface area contributed by atoms with Crippen LogP contribution in [0.1, 0.15) is 5.56 Å². The number of fused-ring (bicyclic) bond motifs is 1. The Kier molecular flexibility index (Phi) is 5.75. The first-order valence-corrected chi connectivity index (χ1v) is 11.1. The molecule has 0 unspecified atom stereocenters. The second-order valence-corrected chi connectivity index (χ2v) is 8.59. The lowest BCUT2D eigenvalue weighted by molar-refractivity contribution is -0.116. The number of amides is 1. The predicted molar refractivity (Wildman–Crippen MR) is 119 cm³/mol. The third kappa shape index (κ3) is 4.93. The predicted octanol–water partition coefficient (Wildman–Crippen LogP) is 3.51. The number of hydrogen-bond donors (Lipinski definition) is 2. The summed E-state index contributed by atoms with van der Waals surface area (Å²) in [4.78, 5) is 12.5. The largest absolute Gasteiger partial charge is 0.488 e. The third-order valence-corrected chi connectivity index (χ3v) is 5.72. The Morgan fingerprint density at radius 2 is 1.68 bits per heavy atom. The lowest BCUT2D eigenvalue weighted by Gasteiger charge is -2.10. The van der Waals surface area contributed by atoms with Gasteiger partial charge in [0.05, 0.1) is 10.4 Å². The van der Waals surface area contributed by atoms with Crippen LogP contribution in [-0.2, 0) is 28.0 Å². The molecule has 3 aromatic carbocycles. The van der Waals surface area contributed by atoms with E-state index in [0.717, 1.165) is 22.2 Å². The molecule has 0 radical (unpaired) electrons. The van der Waals surface area contributed by atoms with E-state index >= 15 is 0 Å². The average Bonchev–Trinajstić information content (AvgIpc) is 3.16. The molecule has 158 valence electrons. The van der Waals surface area contributed by atoms with Crippen molar-refractivity contribution in [2.75, 3.05) is 5.32 Å². The van der Waals surface area contributed by atoms with Gasteiger partial charge in [0, 0.05) is 17.3 Å². The van der Waals surface area contributed by atoms with Crippen LogP contribution in [-0.4, -0.2) is 18.9 Å². The highest BCUT2D eigenvalue weighted by Gasteiger charge is 2.11. The number of carbonyl (C=O) groups is 1. The van der Waals surface area contributed by atoms with Crippen LogP contribution in [0.4, 0.5) is 5.69 Å². The standard InChI is InChI=1S/C23H21N3O4S/c24-31(28,29)19-11-9-18(10-12-19)25-23(27)15-26-14-13-20-21(26)7-4-8-22(20)30-16-17-5-2-1-3-6-17/h1-14H,15-16H2,(H,25,27)(H2,24,28,29). The molecule has 0 aliphatic carbocycles. The summed E-state index contributed by atoms with van der Waals surface area (Å²) in [5, 5.41) is 8.77. The molecular weight excluding hydrogens is 414 g/mol. The zero-order chi connectivity index (χ0) is 21.8. The van der Waals surface area contributed by atoms with Crippen molar-refractivity contribution in [1.82, 2.24) is 4.57 Å². The average molecular weight is 436 g/mol. The van der Waals surface area contributed by atoms with Crippen LogP contribution in [0.3, 0.4) is 0 Å². The van der Waals surface area contributed by atoms with Gasteiger partial charge in [-0.05, 0) is 48.0 Å². The summed E-state index contributed by atoms with van der Waals surface area (Å²) in [6.45, 7) is 0.558. The molecule has 0 aliphatic rings. The summed E-state index contributed by atoms with van der Waals surface area (Å²) >= 11 is 0. The maximum absolute atomic E-state index is 12.5. The van der Waals surface area contributed by atoms with E-state index in [9.17, 15) is 13.2 Å². The van der Waals surface area contributed by atoms with Crippen molar-refractivity contribution < 1.29 is 17.9 Å². The monoisotopic (exact) mass is 435 g/mol. The number of hydrogen-bond acceptors (Lipinski definition) is 4. The summed E-state index contributed by atoms with van der Waals surface area (Å²) in [5.74, 6) is 0.510. The van der Waals surface area contributed by atoms with Crippen LogP contribution < -0.4 is 15.2 Å². The van der Waals surface area contributed by atoms with Gasteiger partial charge in [-0.25, -0.2) is 13.6 Å². The number of ether oxygens (including phenoxy) is 1. The van der Waals surface area contributed by atoms with E-state index in [1.807, 2.05) is 65.4 Å². The van der Waals surface area contributed by atoms with Gasteiger partial charge in [0.15, 0.2) is 0 Å². The molecule has 8 heteroatoms. The fraction of sp³-hybridized carbons (Fsp3) is 0.0870. The van der Waals surface area contributed by atoms with Crippen molar-refractivity contribution in [1.29, 1.82) is 0 Å². The van der Waals surface area contributed by atoms with E-state index in [1.165, 1.54) is 24.3 Å². The molecule has 7 nitrogen and oxygen atoms in total. The van der Waals surface area contributed by atoms with Gasteiger partial charge in [-0.15, -0.1) is 0 Å². The number of nitrogens with zero attached hydrogens (tertiary/aromatic N) is 1. The van der Waals surface area contributed by atoms with E-state index < -0.39 is 10.0 Å². The van der Waals surface area contributed by atoms with Crippen LogP contribution >= 0.6 is 0 Å². The number of aromatic nitrogens is 1. The molecular formula is C23H21N3O4S.